The van der Waals surface area contributed by atoms with Gasteiger partial charge in [-0.2, -0.15) is 5.10 Å². The number of hydrogen-bond donors (Lipinski definition) is 2. The van der Waals surface area contributed by atoms with E-state index in [0.717, 1.165) is 11.3 Å². The smallest absolute Gasteiger partial charge is 0.256 e. The van der Waals surface area contributed by atoms with E-state index < -0.39 is 0 Å². The predicted octanol–water partition coefficient (Wildman–Crippen LogP) is 4.59. The van der Waals surface area contributed by atoms with Crippen molar-refractivity contribution in [1.82, 2.24) is 9.78 Å². The van der Waals surface area contributed by atoms with E-state index in [-0.39, 0.29) is 11.8 Å². The SMILES string of the molecule is Cn1nc(-c2ccc(NC(=O)c3ccccc3)cc2)cc1NC(=O)c1ccccc1. The van der Waals surface area contributed by atoms with Crippen molar-refractivity contribution >= 4 is 23.3 Å². The van der Waals surface area contributed by atoms with Crippen LogP contribution in [0.1, 0.15) is 20.7 Å². The van der Waals surface area contributed by atoms with Gasteiger partial charge in [0.1, 0.15) is 5.82 Å². The van der Waals surface area contributed by atoms with Crippen LogP contribution in [-0.2, 0) is 7.05 Å². The number of nitrogens with one attached hydrogen (secondary N) is 2. The second kappa shape index (κ2) is 8.45. The molecule has 4 aromatic rings. The molecule has 0 aliphatic rings. The van der Waals surface area contributed by atoms with Gasteiger partial charge < -0.3 is 10.6 Å². The molecule has 1 aromatic heterocycles. The van der Waals surface area contributed by atoms with Crippen molar-refractivity contribution in [2.24, 2.45) is 7.05 Å². The van der Waals surface area contributed by atoms with Gasteiger partial charge in [0.2, 0.25) is 0 Å². The minimum atomic E-state index is -0.191. The summed E-state index contributed by atoms with van der Waals surface area (Å²) in [6.45, 7) is 0. The van der Waals surface area contributed by atoms with Crippen molar-refractivity contribution in [3.05, 3.63) is 102 Å². The molecular formula is C24H20N4O2. The van der Waals surface area contributed by atoms with Crippen LogP contribution in [0.3, 0.4) is 0 Å². The highest BCUT2D eigenvalue weighted by Crippen LogP contribution is 2.23. The van der Waals surface area contributed by atoms with Crippen LogP contribution < -0.4 is 10.6 Å². The molecule has 0 saturated carbocycles. The summed E-state index contributed by atoms with van der Waals surface area (Å²) in [5.74, 6) is 0.247. The topological polar surface area (TPSA) is 76.0 Å². The number of aryl methyl sites for hydroxylation is 1. The second-order valence-electron chi connectivity index (χ2n) is 6.76. The number of nitrogens with zero attached hydrogens (tertiary/aromatic N) is 2. The normalized spacial score (nSPS) is 10.4. The Kier molecular flexibility index (Phi) is 5.39. The van der Waals surface area contributed by atoms with Crippen molar-refractivity contribution in [2.75, 3.05) is 10.6 Å². The highest BCUT2D eigenvalue weighted by atomic mass is 16.2. The Morgan fingerprint density at radius 2 is 1.27 bits per heavy atom. The molecule has 3 aromatic carbocycles. The van der Waals surface area contributed by atoms with Crippen LogP contribution >= 0.6 is 0 Å². The zero-order valence-electron chi connectivity index (χ0n) is 16.4. The van der Waals surface area contributed by atoms with Gasteiger partial charge in [0.05, 0.1) is 5.69 Å². The molecule has 6 heteroatoms. The Morgan fingerprint density at radius 1 is 0.733 bits per heavy atom. The van der Waals surface area contributed by atoms with E-state index in [1.807, 2.05) is 66.7 Å². The standard InChI is InChI=1S/C24H20N4O2/c1-28-22(26-24(30)19-10-6-3-7-11-19)16-21(27-28)17-12-14-20(15-13-17)25-23(29)18-8-4-2-5-9-18/h2-16H,1H3,(H,25,29)(H,26,30). The molecular weight excluding hydrogens is 376 g/mol. The third-order valence-corrected chi connectivity index (χ3v) is 4.63. The first kappa shape index (κ1) is 19.1. The summed E-state index contributed by atoms with van der Waals surface area (Å²) in [6.07, 6.45) is 0. The highest BCUT2D eigenvalue weighted by molar-refractivity contribution is 6.04. The van der Waals surface area contributed by atoms with E-state index in [9.17, 15) is 9.59 Å². The quantitative estimate of drug-likeness (QED) is 0.518. The molecule has 0 aliphatic carbocycles. The summed E-state index contributed by atoms with van der Waals surface area (Å²) >= 11 is 0. The van der Waals surface area contributed by atoms with Crippen LogP contribution in [0.25, 0.3) is 11.3 Å². The minimum Gasteiger partial charge on any atom is -0.322 e. The van der Waals surface area contributed by atoms with Gasteiger partial charge >= 0.3 is 0 Å². The van der Waals surface area contributed by atoms with Crippen molar-refractivity contribution in [1.29, 1.82) is 0 Å². The molecule has 0 unspecified atom stereocenters. The number of amides is 2. The number of benzene rings is 3. The van der Waals surface area contributed by atoms with Crippen molar-refractivity contribution in [2.45, 2.75) is 0 Å². The zero-order valence-corrected chi connectivity index (χ0v) is 16.4. The van der Waals surface area contributed by atoms with Gasteiger partial charge in [-0.3, -0.25) is 14.3 Å². The zero-order chi connectivity index (χ0) is 20.9. The van der Waals surface area contributed by atoms with Gasteiger partial charge in [0.15, 0.2) is 0 Å². The summed E-state index contributed by atoms with van der Waals surface area (Å²) in [6, 6.07) is 27.3. The van der Waals surface area contributed by atoms with Crippen LogP contribution in [0.5, 0.6) is 0 Å². The molecule has 6 nitrogen and oxygen atoms in total. The number of carbonyl (C=O) groups is 2. The number of anilines is 2. The molecule has 1 heterocycles. The Morgan fingerprint density at radius 3 is 1.83 bits per heavy atom. The van der Waals surface area contributed by atoms with E-state index in [2.05, 4.69) is 15.7 Å². The Bertz CT molecular complexity index is 1170. The number of carbonyl (C=O) groups excluding carboxylic acids is 2. The van der Waals surface area contributed by atoms with Gasteiger partial charge in [-0.25, -0.2) is 0 Å². The lowest BCUT2D eigenvalue weighted by molar-refractivity contribution is 0.101. The summed E-state index contributed by atoms with van der Waals surface area (Å²) < 4.78 is 1.63. The van der Waals surface area contributed by atoms with Crippen LogP contribution in [0.4, 0.5) is 11.5 Å². The molecule has 2 amide bonds. The molecule has 4 rings (SSSR count). The first-order chi connectivity index (χ1) is 14.6. The van der Waals surface area contributed by atoms with E-state index in [0.29, 0.717) is 22.6 Å². The maximum absolute atomic E-state index is 12.4. The average Bonchev–Trinajstić information content (AvgIpc) is 3.15. The van der Waals surface area contributed by atoms with E-state index in [4.69, 9.17) is 0 Å². The van der Waals surface area contributed by atoms with E-state index in [1.54, 1.807) is 36.0 Å². The number of hydrogen-bond acceptors (Lipinski definition) is 3. The molecule has 0 aliphatic heterocycles. The Labute approximate surface area is 174 Å². The van der Waals surface area contributed by atoms with E-state index >= 15 is 0 Å². The second-order valence-corrected chi connectivity index (χ2v) is 6.76. The van der Waals surface area contributed by atoms with Crippen LogP contribution in [0.15, 0.2) is 91.0 Å². The molecule has 148 valence electrons. The predicted molar refractivity (Wildman–Crippen MR) is 117 cm³/mol. The monoisotopic (exact) mass is 396 g/mol. The Balaban J connectivity index is 1.46. The van der Waals surface area contributed by atoms with E-state index in [1.165, 1.54) is 0 Å². The fraction of sp³-hybridized carbons (Fsp3) is 0.0417. The third-order valence-electron chi connectivity index (χ3n) is 4.63. The maximum atomic E-state index is 12.4. The lowest BCUT2D eigenvalue weighted by Crippen LogP contribution is -2.14. The molecule has 0 atom stereocenters. The van der Waals surface area contributed by atoms with Gasteiger partial charge in [-0.05, 0) is 36.4 Å². The highest BCUT2D eigenvalue weighted by Gasteiger charge is 2.12. The summed E-state index contributed by atoms with van der Waals surface area (Å²) in [5.41, 5.74) is 3.48. The first-order valence-electron chi connectivity index (χ1n) is 9.47. The minimum absolute atomic E-state index is 0.160. The molecule has 0 saturated heterocycles. The summed E-state index contributed by atoms with van der Waals surface area (Å²) in [7, 11) is 1.78. The van der Waals surface area contributed by atoms with Crippen LogP contribution in [0, 0.1) is 0 Å². The summed E-state index contributed by atoms with van der Waals surface area (Å²) in [5, 5.41) is 10.2. The fourth-order valence-corrected chi connectivity index (χ4v) is 3.02. The van der Waals surface area contributed by atoms with Gasteiger partial charge in [0, 0.05) is 35.5 Å². The Hall–Kier alpha value is -4.19. The number of rotatable bonds is 5. The summed E-state index contributed by atoms with van der Waals surface area (Å²) in [4.78, 5) is 24.7. The molecule has 0 radical (unpaired) electrons. The van der Waals surface area contributed by atoms with Gasteiger partial charge in [-0.15, -0.1) is 0 Å². The number of aromatic nitrogens is 2. The van der Waals surface area contributed by atoms with Crippen molar-refractivity contribution in [3.8, 4) is 11.3 Å². The average molecular weight is 396 g/mol. The first-order valence-corrected chi connectivity index (χ1v) is 9.47. The van der Waals surface area contributed by atoms with Crippen LogP contribution in [-0.4, -0.2) is 21.6 Å². The molecule has 2 N–H and O–H groups in total. The third kappa shape index (κ3) is 4.28. The molecule has 0 spiro atoms. The lowest BCUT2D eigenvalue weighted by atomic mass is 10.1. The fourth-order valence-electron chi connectivity index (χ4n) is 3.02. The molecule has 0 fully saturated rings. The largest absolute Gasteiger partial charge is 0.322 e. The lowest BCUT2D eigenvalue weighted by Gasteiger charge is -2.06. The van der Waals surface area contributed by atoms with Gasteiger partial charge in [-0.1, -0.05) is 48.5 Å². The maximum Gasteiger partial charge on any atom is 0.256 e. The molecule has 0 bridgehead atoms. The molecule has 30 heavy (non-hydrogen) atoms. The van der Waals surface area contributed by atoms with Crippen molar-refractivity contribution in [3.63, 3.8) is 0 Å². The van der Waals surface area contributed by atoms with Crippen molar-refractivity contribution < 1.29 is 9.59 Å². The van der Waals surface area contributed by atoms with Crippen LogP contribution in [0.2, 0.25) is 0 Å². The van der Waals surface area contributed by atoms with Gasteiger partial charge in [0.25, 0.3) is 11.8 Å².